The van der Waals surface area contributed by atoms with Crippen LogP contribution in [0.2, 0.25) is 0 Å². The van der Waals surface area contributed by atoms with E-state index in [-0.39, 0.29) is 0 Å². The number of aryl methyl sites for hydroxylation is 1. The Morgan fingerprint density at radius 2 is 2.00 bits per heavy atom. The summed E-state index contributed by atoms with van der Waals surface area (Å²) in [5.41, 5.74) is 2.27. The van der Waals surface area contributed by atoms with Crippen LogP contribution in [0.25, 0.3) is 0 Å². The van der Waals surface area contributed by atoms with Crippen LogP contribution in [0.15, 0.2) is 36.8 Å². The van der Waals surface area contributed by atoms with Gasteiger partial charge in [0.15, 0.2) is 0 Å². The van der Waals surface area contributed by atoms with Crippen molar-refractivity contribution < 1.29 is 0 Å². The first kappa shape index (κ1) is 11.1. The largest absolute Gasteiger partial charge is 0.340 e. The first-order valence-corrected chi connectivity index (χ1v) is 6.27. The third-order valence-corrected chi connectivity index (χ3v) is 3.34. The lowest BCUT2D eigenvalue weighted by molar-refractivity contribution is 0.742. The van der Waals surface area contributed by atoms with Crippen molar-refractivity contribution in [3.63, 3.8) is 0 Å². The van der Waals surface area contributed by atoms with Gasteiger partial charge in [0.1, 0.15) is 0 Å². The topological polar surface area (TPSA) is 41.9 Å². The van der Waals surface area contributed by atoms with E-state index < -0.39 is 0 Å². The maximum absolute atomic E-state index is 4.44. The molecule has 0 aromatic carbocycles. The lowest BCUT2D eigenvalue weighted by Gasteiger charge is -2.15. The smallest absolute Gasteiger partial charge is 0.225 e. The summed E-state index contributed by atoms with van der Waals surface area (Å²) in [4.78, 5) is 15.4. The molecule has 18 heavy (non-hydrogen) atoms. The predicted molar refractivity (Wildman–Crippen MR) is 70.6 cm³/mol. The van der Waals surface area contributed by atoms with Gasteiger partial charge in [-0.2, -0.15) is 0 Å². The van der Waals surface area contributed by atoms with E-state index in [9.17, 15) is 0 Å². The van der Waals surface area contributed by atoms with Gasteiger partial charge in [0.05, 0.1) is 0 Å². The normalized spacial score (nSPS) is 19.2. The van der Waals surface area contributed by atoms with Crippen LogP contribution in [0.4, 0.5) is 5.95 Å². The summed E-state index contributed by atoms with van der Waals surface area (Å²) in [6, 6.07) is 6.11. The number of hydrogen-bond donors (Lipinski definition) is 0. The molecule has 1 saturated heterocycles. The Morgan fingerprint density at radius 3 is 2.72 bits per heavy atom. The fourth-order valence-corrected chi connectivity index (χ4v) is 2.35. The Balaban J connectivity index is 1.74. The van der Waals surface area contributed by atoms with E-state index in [0.717, 1.165) is 31.0 Å². The minimum Gasteiger partial charge on any atom is -0.340 e. The second-order valence-electron chi connectivity index (χ2n) is 4.75. The van der Waals surface area contributed by atoms with Gasteiger partial charge in [-0.05, 0) is 31.0 Å². The third-order valence-electron chi connectivity index (χ3n) is 3.34. The summed E-state index contributed by atoms with van der Waals surface area (Å²) in [5.74, 6) is 1.33. The average molecular weight is 240 g/mol. The number of aromatic nitrogens is 3. The molecule has 1 atom stereocenters. The van der Waals surface area contributed by atoms with E-state index in [2.05, 4.69) is 25.9 Å². The Bertz CT molecular complexity index is 509. The highest BCUT2D eigenvalue weighted by Gasteiger charge is 2.26. The van der Waals surface area contributed by atoms with E-state index >= 15 is 0 Å². The lowest BCUT2D eigenvalue weighted by Crippen LogP contribution is -2.21. The minimum atomic E-state index is 0.496. The summed E-state index contributed by atoms with van der Waals surface area (Å²) in [6.45, 7) is 3.97. The quantitative estimate of drug-likeness (QED) is 0.806. The van der Waals surface area contributed by atoms with Crippen molar-refractivity contribution in [1.29, 1.82) is 0 Å². The molecule has 0 bridgehead atoms. The fourth-order valence-electron chi connectivity index (χ4n) is 2.35. The Kier molecular flexibility index (Phi) is 2.92. The molecular formula is C14H16N4. The second kappa shape index (κ2) is 4.72. The van der Waals surface area contributed by atoms with Crippen LogP contribution in [0.5, 0.6) is 0 Å². The van der Waals surface area contributed by atoms with E-state index in [1.165, 1.54) is 5.69 Å². The molecule has 0 spiro atoms. The van der Waals surface area contributed by atoms with Crippen LogP contribution in [0.3, 0.4) is 0 Å². The predicted octanol–water partition coefficient (Wildman–Crippen LogP) is 2.17. The molecule has 0 amide bonds. The molecule has 0 saturated carbocycles. The lowest BCUT2D eigenvalue weighted by atomic mass is 10.0. The first-order valence-electron chi connectivity index (χ1n) is 6.27. The van der Waals surface area contributed by atoms with Crippen LogP contribution in [-0.4, -0.2) is 28.0 Å². The first-order chi connectivity index (χ1) is 8.83. The summed E-state index contributed by atoms with van der Waals surface area (Å²) < 4.78 is 0. The molecule has 4 heteroatoms. The summed E-state index contributed by atoms with van der Waals surface area (Å²) in [7, 11) is 0. The zero-order valence-corrected chi connectivity index (χ0v) is 10.5. The molecule has 2 aromatic heterocycles. The van der Waals surface area contributed by atoms with Crippen molar-refractivity contribution in [2.45, 2.75) is 19.3 Å². The maximum atomic E-state index is 4.44. The molecule has 1 unspecified atom stereocenters. The van der Waals surface area contributed by atoms with Gasteiger partial charge in [-0.1, -0.05) is 6.07 Å². The molecule has 3 rings (SSSR count). The highest BCUT2D eigenvalue weighted by Crippen LogP contribution is 2.27. The molecular weight excluding hydrogens is 224 g/mol. The Hall–Kier alpha value is -1.97. The molecule has 1 aliphatic rings. The Morgan fingerprint density at radius 1 is 1.17 bits per heavy atom. The van der Waals surface area contributed by atoms with Gasteiger partial charge < -0.3 is 4.90 Å². The van der Waals surface area contributed by atoms with Gasteiger partial charge in [0.25, 0.3) is 0 Å². The Labute approximate surface area is 107 Å². The SMILES string of the molecule is Cc1cnc(N2CCC(c3ccccn3)C2)nc1. The van der Waals surface area contributed by atoms with Gasteiger partial charge in [0.2, 0.25) is 5.95 Å². The van der Waals surface area contributed by atoms with Crippen molar-refractivity contribution in [1.82, 2.24) is 15.0 Å². The summed E-state index contributed by atoms with van der Waals surface area (Å²) in [5, 5.41) is 0. The van der Waals surface area contributed by atoms with Crippen molar-refractivity contribution in [2.24, 2.45) is 0 Å². The highest BCUT2D eigenvalue weighted by atomic mass is 15.3. The molecule has 3 heterocycles. The molecule has 1 fully saturated rings. The van der Waals surface area contributed by atoms with Crippen molar-refractivity contribution >= 4 is 5.95 Å². The van der Waals surface area contributed by atoms with Crippen molar-refractivity contribution in [2.75, 3.05) is 18.0 Å². The van der Waals surface area contributed by atoms with E-state index in [4.69, 9.17) is 0 Å². The number of rotatable bonds is 2. The van der Waals surface area contributed by atoms with Gasteiger partial charge in [-0.25, -0.2) is 9.97 Å². The third kappa shape index (κ3) is 2.18. The monoisotopic (exact) mass is 240 g/mol. The van der Waals surface area contributed by atoms with Gasteiger partial charge in [0, 0.05) is 43.3 Å². The van der Waals surface area contributed by atoms with E-state index in [1.54, 1.807) is 0 Å². The molecule has 1 aliphatic heterocycles. The van der Waals surface area contributed by atoms with Crippen LogP contribution in [0, 0.1) is 6.92 Å². The van der Waals surface area contributed by atoms with E-state index in [0.29, 0.717) is 5.92 Å². The number of hydrogen-bond acceptors (Lipinski definition) is 4. The highest BCUT2D eigenvalue weighted by molar-refractivity contribution is 5.33. The molecule has 0 N–H and O–H groups in total. The van der Waals surface area contributed by atoms with Crippen LogP contribution in [-0.2, 0) is 0 Å². The minimum absolute atomic E-state index is 0.496. The standard InChI is InChI=1S/C14H16N4/c1-11-8-16-14(17-9-11)18-7-5-12(10-18)13-4-2-3-6-15-13/h2-4,6,8-9,12H,5,7,10H2,1H3. The number of pyridine rings is 1. The molecule has 92 valence electrons. The zero-order valence-electron chi connectivity index (χ0n) is 10.5. The zero-order chi connectivity index (χ0) is 12.4. The van der Waals surface area contributed by atoms with Crippen LogP contribution >= 0.6 is 0 Å². The van der Waals surface area contributed by atoms with Crippen LogP contribution in [0.1, 0.15) is 23.6 Å². The number of anilines is 1. The summed E-state index contributed by atoms with van der Waals surface area (Å²) in [6.07, 6.45) is 6.72. The van der Waals surface area contributed by atoms with Crippen LogP contribution < -0.4 is 4.90 Å². The van der Waals surface area contributed by atoms with Crippen molar-refractivity contribution in [3.8, 4) is 0 Å². The van der Waals surface area contributed by atoms with Crippen molar-refractivity contribution in [3.05, 3.63) is 48.0 Å². The van der Waals surface area contributed by atoms with Gasteiger partial charge in [-0.3, -0.25) is 4.98 Å². The van der Waals surface area contributed by atoms with E-state index in [1.807, 2.05) is 37.6 Å². The van der Waals surface area contributed by atoms with Gasteiger partial charge >= 0.3 is 0 Å². The average Bonchev–Trinajstić information content (AvgIpc) is 2.90. The molecule has 2 aromatic rings. The number of nitrogens with zero attached hydrogens (tertiary/aromatic N) is 4. The second-order valence-corrected chi connectivity index (χ2v) is 4.75. The fraction of sp³-hybridized carbons (Fsp3) is 0.357. The van der Waals surface area contributed by atoms with Gasteiger partial charge in [-0.15, -0.1) is 0 Å². The molecule has 4 nitrogen and oxygen atoms in total. The molecule has 0 aliphatic carbocycles. The summed E-state index contributed by atoms with van der Waals surface area (Å²) >= 11 is 0. The molecule has 0 radical (unpaired) electrons. The maximum Gasteiger partial charge on any atom is 0.225 e.